The molecule has 2 saturated heterocycles. The Morgan fingerprint density at radius 2 is 1.85 bits per heavy atom. The highest BCUT2D eigenvalue weighted by Gasteiger charge is 2.25. The molecule has 2 heterocycles. The molecule has 27 heavy (non-hydrogen) atoms. The van der Waals surface area contributed by atoms with Crippen LogP contribution in [0.5, 0.6) is 0 Å². The van der Waals surface area contributed by atoms with Gasteiger partial charge in [-0.15, -0.1) is 24.0 Å². The predicted molar refractivity (Wildman–Crippen MR) is 128 cm³/mol. The summed E-state index contributed by atoms with van der Waals surface area (Å²) in [6.45, 7) is 9.97. The fourth-order valence-electron chi connectivity index (χ4n) is 4.03. The molecule has 1 N–H and O–H groups in total. The average molecular weight is 550 g/mol. The topological polar surface area (TPSA) is 34.1 Å². The van der Waals surface area contributed by atoms with E-state index in [0.29, 0.717) is 6.04 Å². The molecule has 5 nitrogen and oxygen atoms in total. The Morgan fingerprint density at radius 1 is 1.19 bits per heavy atom. The molecule has 0 radical (unpaired) electrons. The Kier molecular flexibility index (Phi) is 9.31. The Morgan fingerprint density at radius 3 is 2.41 bits per heavy atom. The van der Waals surface area contributed by atoms with Crippen LogP contribution in [-0.2, 0) is 0 Å². The third-order valence-corrected chi connectivity index (χ3v) is 6.29. The van der Waals surface area contributed by atoms with Gasteiger partial charge in [0.05, 0.1) is 0 Å². The summed E-state index contributed by atoms with van der Waals surface area (Å²) in [5, 5.41) is 3.61. The Bertz CT molecular complexity index is 601. The maximum absolute atomic E-state index is 4.52. The summed E-state index contributed by atoms with van der Waals surface area (Å²) in [5.74, 6) is 1.81. The first-order valence-corrected chi connectivity index (χ1v) is 10.5. The summed E-state index contributed by atoms with van der Waals surface area (Å²) in [6, 6.07) is 9.16. The van der Waals surface area contributed by atoms with E-state index >= 15 is 0 Å². The molecule has 0 spiro atoms. The van der Waals surface area contributed by atoms with E-state index in [1.165, 1.54) is 25.1 Å². The number of nitrogens with one attached hydrogen (secondary N) is 1. The number of likely N-dealkylation sites (tertiary alicyclic amines) is 1. The molecule has 2 aliphatic rings. The van der Waals surface area contributed by atoms with Gasteiger partial charge in [-0.1, -0.05) is 28.1 Å². The van der Waals surface area contributed by atoms with E-state index in [9.17, 15) is 0 Å². The number of nitrogens with zero attached hydrogens (tertiary/aromatic N) is 4. The molecule has 1 aromatic carbocycles. The third-order valence-electron chi connectivity index (χ3n) is 5.76. The second-order valence-corrected chi connectivity index (χ2v) is 8.51. The Labute approximate surface area is 189 Å². The minimum atomic E-state index is 0. The summed E-state index contributed by atoms with van der Waals surface area (Å²) in [6.07, 6.45) is 1.29. The quantitative estimate of drug-likeness (QED) is 0.355. The average Bonchev–Trinajstić information content (AvgIpc) is 3.08. The second kappa shape index (κ2) is 11.0. The number of hydrogen-bond acceptors (Lipinski definition) is 3. The van der Waals surface area contributed by atoms with Gasteiger partial charge in [-0.3, -0.25) is 9.89 Å². The third kappa shape index (κ3) is 6.30. The Balaban J connectivity index is 0.00000261. The molecule has 2 unspecified atom stereocenters. The molecular weight excluding hydrogens is 517 g/mol. The predicted octanol–water partition coefficient (Wildman–Crippen LogP) is 3.27. The van der Waals surface area contributed by atoms with Gasteiger partial charge in [0.1, 0.15) is 0 Å². The van der Waals surface area contributed by atoms with E-state index in [4.69, 9.17) is 0 Å². The van der Waals surface area contributed by atoms with Crippen molar-refractivity contribution in [3.05, 3.63) is 34.3 Å². The lowest BCUT2D eigenvalue weighted by Crippen LogP contribution is -2.53. The maximum Gasteiger partial charge on any atom is 0.193 e. The normalized spacial score (nSPS) is 23.2. The molecule has 0 aliphatic carbocycles. The van der Waals surface area contributed by atoms with Gasteiger partial charge in [0.15, 0.2) is 5.96 Å². The van der Waals surface area contributed by atoms with Crippen LogP contribution in [0.2, 0.25) is 0 Å². The molecule has 3 rings (SSSR count). The van der Waals surface area contributed by atoms with Gasteiger partial charge in [0.25, 0.3) is 0 Å². The van der Waals surface area contributed by atoms with E-state index in [1.807, 2.05) is 7.05 Å². The molecule has 2 fully saturated rings. The highest BCUT2D eigenvalue weighted by Crippen LogP contribution is 2.23. The number of rotatable bonds is 4. The summed E-state index contributed by atoms with van der Waals surface area (Å²) < 4.78 is 1.14. The Hall–Kier alpha value is -0.380. The van der Waals surface area contributed by atoms with Crippen LogP contribution in [0.25, 0.3) is 0 Å². The molecule has 2 atom stereocenters. The minimum Gasteiger partial charge on any atom is -0.356 e. The maximum atomic E-state index is 4.52. The van der Waals surface area contributed by atoms with Crippen molar-refractivity contribution in [1.29, 1.82) is 0 Å². The van der Waals surface area contributed by atoms with Crippen LogP contribution >= 0.6 is 39.9 Å². The zero-order valence-electron chi connectivity index (χ0n) is 16.7. The van der Waals surface area contributed by atoms with E-state index < -0.39 is 0 Å². The SMILES string of the molecule is CN=C(NCC1CCN(C)C1)N1CCN(C(C)c2ccc(Br)cc2)CC1.I. The van der Waals surface area contributed by atoms with Crippen LogP contribution in [0.3, 0.4) is 0 Å². The second-order valence-electron chi connectivity index (χ2n) is 7.60. The standard InChI is InChI=1S/C20H32BrN5.HI/c1-16(18-4-6-19(21)7-5-18)25-10-12-26(13-11-25)20(22-2)23-14-17-8-9-24(3)15-17;/h4-7,16-17H,8-15H2,1-3H3,(H,22,23);1H. The number of guanidine groups is 1. The molecule has 0 aromatic heterocycles. The monoisotopic (exact) mass is 549 g/mol. The van der Waals surface area contributed by atoms with Crippen LogP contribution in [0, 0.1) is 5.92 Å². The van der Waals surface area contributed by atoms with Crippen molar-refractivity contribution in [3.63, 3.8) is 0 Å². The van der Waals surface area contributed by atoms with Gasteiger partial charge in [0, 0.05) is 56.8 Å². The molecule has 0 amide bonds. The summed E-state index contributed by atoms with van der Waals surface area (Å²) in [5.41, 5.74) is 1.38. The van der Waals surface area contributed by atoms with Gasteiger partial charge in [-0.05, 0) is 50.6 Å². The van der Waals surface area contributed by atoms with E-state index in [-0.39, 0.29) is 24.0 Å². The number of hydrogen-bond donors (Lipinski definition) is 1. The van der Waals surface area contributed by atoms with E-state index in [2.05, 4.69) is 79.2 Å². The molecule has 0 bridgehead atoms. The smallest absolute Gasteiger partial charge is 0.193 e. The molecule has 7 heteroatoms. The highest BCUT2D eigenvalue weighted by atomic mass is 127. The zero-order valence-corrected chi connectivity index (χ0v) is 20.6. The molecule has 2 aliphatic heterocycles. The van der Waals surface area contributed by atoms with Crippen LogP contribution in [0.4, 0.5) is 0 Å². The van der Waals surface area contributed by atoms with Gasteiger partial charge in [-0.2, -0.15) is 0 Å². The zero-order chi connectivity index (χ0) is 18.5. The first-order chi connectivity index (χ1) is 12.6. The molecule has 1 aromatic rings. The first-order valence-electron chi connectivity index (χ1n) is 9.70. The van der Waals surface area contributed by atoms with E-state index in [0.717, 1.165) is 49.1 Å². The summed E-state index contributed by atoms with van der Waals surface area (Å²) in [4.78, 5) is 11.9. The van der Waals surface area contributed by atoms with Gasteiger partial charge in [-0.25, -0.2) is 0 Å². The minimum absolute atomic E-state index is 0. The van der Waals surface area contributed by atoms with Crippen LogP contribution in [-0.4, -0.2) is 80.6 Å². The van der Waals surface area contributed by atoms with Crippen LogP contribution in [0.1, 0.15) is 24.9 Å². The number of piperazine rings is 1. The van der Waals surface area contributed by atoms with Gasteiger partial charge < -0.3 is 15.1 Å². The number of aliphatic imine (C=N–C) groups is 1. The lowest BCUT2D eigenvalue weighted by Gasteiger charge is -2.39. The van der Waals surface area contributed by atoms with Crippen molar-refractivity contribution < 1.29 is 0 Å². The molecular formula is C20H33BrIN5. The lowest BCUT2D eigenvalue weighted by molar-refractivity contribution is 0.138. The lowest BCUT2D eigenvalue weighted by atomic mass is 10.1. The molecule has 152 valence electrons. The van der Waals surface area contributed by atoms with Gasteiger partial charge in [0.2, 0.25) is 0 Å². The van der Waals surface area contributed by atoms with E-state index in [1.54, 1.807) is 0 Å². The van der Waals surface area contributed by atoms with Crippen molar-refractivity contribution in [2.45, 2.75) is 19.4 Å². The van der Waals surface area contributed by atoms with Crippen molar-refractivity contribution >= 4 is 45.9 Å². The fourth-order valence-corrected chi connectivity index (χ4v) is 4.30. The largest absolute Gasteiger partial charge is 0.356 e. The summed E-state index contributed by atoms with van der Waals surface area (Å²) >= 11 is 3.52. The van der Waals surface area contributed by atoms with Crippen molar-refractivity contribution in [1.82, 2.24) is 20.0 Å². The summed E-state index contributed by atoms with van der Waals surface area (Å²) in [7, 11) is 4.11. The van der Waals surface area contributed by atoms with Crippen molar-refractivity contribution in [2.75, 3.05) is 59.9 Å². The van der Waals surface area contributed by atoms with Crippen LogP contribution < -0.4 is 5.32 Å². The van der Waals surface area contributed by atoms with Crippen LogP contribution in [0.15, 0.2) is 33.7 Å². The highest BCUT2D eigenvalue weighted by molar-refractivity contribution is 14.0. The van der Waals surface area contributed by atoms with Gasteiger partial charge >= 0.3 is 0 Å². The number of benzene rings is 1. The number of halogens is 2. The fraction of sp³-hybridized carbons (Fsp3) is 0.650. The first kappa shape index (κ1) is 22.9. The van der Waals surface area contributed by atoms with Crippen molar-refractivity contribution in [2.24, 2.45) is 10.9 Å². The molecule has 0 saturated carbocycles. The van der Waals surface area contributed by atoms with Crippen molar-refractivity contribution in [3.8, 4) is 0 Å².